The first-order valence-electron chi connectivity index (χ1n) is 8.79. The average Bonchev–Trinajstić information content (AvgIpc) is 2.56. The molecule has 0 heterocycles. The van der Waals surface area contributed by atoms with Crippen LogP contribution < -0.4 is 0 Å². The molecule has 4 nitrogen and oxygen atoms in total. The van der Waals surface area contributed by atoms with Gasteiger partial charge >= 0.3 is 0 Å². The van der Waals surface area contributed by atoms with Gasteiger partial charge in [-0.05, 0) is 54.4 Å². The topological polar surface area (TPSA) is 60.2 Å². The summed E-state index contributed by atoms with van der Waals surface area (Å²) in [6.45, 7) is 1.34. The van der Waals surface area contributed by atoms with Crippen LogP contribution in [0.5, 0.6) is 0 Å². The molecule has 0 amide bonds. The van der Waals surface area contributed by atoms with Crippen molar-refractivity contribution in [2.24, 2.45) is 5.92 Å². The molecule has 6 rings (SSSR count). The second-order valence-electron chi connectivity index (χ2n) is 7.05. The molecule has 4 aliphatic rings. The zero-order chi connectivity index (χ0) is 17.8. The largest absolute Gasteiger partial charge is 0.300 e. The third-order valence-corrected chi connectivity index (χ3v) is 5.09. The van der Waals surface area contributed by atoms with Crippen LogP contribution in [-0.4, -0.2) is 17.3 Å². The summed E-state index contributed by atoms with van der Waals surface area (Å²) < 4.78 is 0. The van der Waals surface area contributed by atoms with Gasteiger partial charge in [0.25, 0.3) is 0 Å². The molecular weight excluding hydrogens is 314 g/mol. The van der Waals surface area contributed by atoms with Crippen LogP contribution in [0.1, 0.15) is 41.5 Å². The van der Waals surface area contributed by atoms with Gasteiger partial charge in [-0.2, -0.15) is 0 Å². The quantitative estimate of drug-likeness (QED) is 0.612. The summed E-state index contributed by atoms with van der Waals surface area (Å²) in [5, 5.41) is 11.2. The summed E-state index contributed by atoms with van der Waals surface area (Å²) in [4.78, 5) is 22.6. The minimum atomic E-state index is -0.291. The van der Waals surface area contributed by atoms with Crippen LogP contribution in [0.3, 0.4) is 0 Å². The molecule has 0 saturated carbocycles. The summed E-state index contributed by atoms with van der Waals surface area (Å²) in [7, 11) is 0. The first-order valence-corrected chi connectivity index (χ1v) is 8.79. The van der Waals surface area contributed by atoms with E-state index in [-0.39, 0.29) is 35.5 Å². The summed E-state index contributed by atoms with van der Waals surface area (Å²) in [5.41, 5.74) is 4.82. The molecule has 0 radical (unpaired) electrons. The summed E-state index contributed by atoms with van der Waals surface area (Å²) in [5.74, 6) is -0.320. The highest BCUT2D eigenvalue weighted by Gasteiger charge is 2.29. The molecular formula is C21H23NO3. The maximum absolute atomic E-state index is 11.7. The maximum Gasteiger partial charge on any atom is 0.207 e. The number of nitrogens with zero attached hydrogens (tertiary/aromatic N) is 1. The third kappa shape index (κ3) is 4.53. The van der Waals surface area contributed by atoms with Crippen molar-refractivity contribution in [3.05, 3.63) is 80.9 Å². The van der Waals surface area contributed by atoms with Crippen molar-refractivity contribution in [3.8, 4) is 0 Å². The fourth-order valence-electron chi connectivity index (χ4n) is 3.77. The molecule has 0 aromatic heterocycles. The summed E-state index contributed by atoms with van der Waals surface area (Å²) in [6.07, 6.45) is 2.95. The Kier molecular flexibility index (Phi) is 5.27. The van der Waals surface area contributed by atoms with Gasteiger partial charge in [0.2, 0.25) is 6.54 Å². The van der Waals surface area contributed by atoms with Crippen LogP contribution in [0.4, 0.5) is 0 Å². The van der Waals surface area contributed by atoms with E-state index < -0.39 is 0 Å². The van der Waals surface area contributed by atoms with Gasteiger partial charge in [0.05, 0.1) is 0 Å². The standard InChI is InChI=1S/C21H23NO3/c1-15(23)12-20(14-22(24)25)21-13-18-6-4-16(5-7-18)2-3-17-8-10-19(21)11-9-17/h4-11,20-21H,2-3,12-14H2,1H3/t20-,21?/m1/s1. The molecule has 25 heavy (non-hydrogen) atoms. The zero-order valence-corrected chi connectivity index (χ0v) is 14.5. The van der Waals surface area contributed by atoms with Crippen LogP contribution in [0.25, 0.3) is 0 Å². The van der Waals surface area contributed by atoms with Gasteiger partial charge in [0.1, 0.15) is 5.78 Å². The number of Topliss-reactive ketones (excluding diaryl/α,β-unsaturated/α-hetero) is 1. The minimum absolute atomic E-state index is 0.00457. The van der Waals surface area contributed by atoms with Gasteiger partial charge in [0, 0.05) is 17.3 Å². The predicted molar refractivity (Wildman–Crippen MR) is 97.4 cm³/mol. The smallest absolute Gasteiger partial charge is 0.207 e. The Hall–Kier alpha value is -2.49. The van der Waals surface area contributed by atoms with Gasteiger partial charge in [-0.25, -0.2) is 0 Å². The SMILES string of the molecule is CC(=O)C[C@H](C[N+](=O)[O-])C1Cc2ccc(cc2)CCc2ccc1cc2. The van der Waals surface area contributed by atoms with Crippen LogP contribution in [-0.2, 0) is 24.1 Å². The van der Waals surface area contributed by atoms with Crippen molar-refractivity contribution in [1.82, 2.24) is 0 Å². The number of carbonyl (C=O) groups is 1. The van der Waals surface area contributed by atoms with Gasteiger partial charge in [-0.1, -0.05) is 48.5 Å². The lowest BCUT2D eigenvalue weighted by Crippen LogP contribution is -2.25. The van der Waals surface area contributed by atoms with Gasteiger partial charge in [-0.3, -0.25) is 10.1 Å². The third-order valence-electron chi connectivity index (χ3n) is 5.09. The number of aryl methyl sites for hydroxylation is 2. The highest BCUT2D eigenvalue weighted by Crippen LogP contribution is 2.32. The van der Waals surface area contributed by atoms with Gasteiger partial charge in [-0.15, -0.1) is 0 Å². The first kappa shape index (κ1) is 17.3. The molecule has 1 unspecified atom stereocenters. The normalized spacial score (nSPS) is 17.6. The number of hydrogen-bond donors (Lipinski definition) is 0. The number of nitro groups is 1. The number of hydrogen-bond acceptors (Lipinski definition) is 3. The van der Waals surface area contributed by atoms with E-state index in [1.165, 1.54) is 18.1 Å². The lowest BCUT2D eigenvalue weighted by Gasteiger charge is -2.25. The molecule has 4 aliphatic carbocycles. The Morgan fingerprint density at radius 1 is 1.04 bits per heavy atom. The molecule has 0 fully saturated rings. The number of benzene rings is 2. The summed E-state index contributed by atoms with van der Waals surface area (Å²) >= 11 is 0. The maximum atomic E-state index is 11.7. The molecule has 4 bridgehead atoms. The van der Waals surface area contributed by atoms with Crippen molar-refractivity contribution >= 4 is 5.78 Å². The molecule has 4 heteroatoms. The first-order chi connectivity index (χ1) is 12.0. The number of rotatable bonds is 5. The Morgan fingerprint density at radius 2 is 1.56 bits per heavy atom. The second kappa shape index (κ2) is 7.60. The highest BCUT2D eigenvalue weighted by atomic mass is 16.6. The van der Waals surface area contributed by atoms with Crippen LogP contribution in [0.2, 0.25) is 0 Å². The minimum Gasteiger partial charge on any atom is -0.300 e. The van der Waals surface area contributed by atoms with Crippen LogP contribution in [0, 0.1) is 16.0 Å². The van der Waals surface area contributed by atoms with Gasteiger partial charge < -0.3 is 4.79 Å². The van der Waals surface area contributed by atoms with Crippen molar-refractivity contribution in [2.75, 3.05) is 6.54 Å². The molecule has 2 aromatic rings. The van der Waals surface area contributed by atoms with E-state index in [4.69, 9.17) is 0 Å². The van der Waals surface area contributed by atoms with Crippen molar-refractivity contribution in [3.63, 3.8) is 0 Å². The van der Waals surface area contributed by atoms with E-state index in [9.17, 15) is 14.9 Å². The van der Waals surface area contributed by atoms with E-state index >= 15 is 0 Å². The Morgan fingerprint density at radius 3 is 2.08 bits per heavy atom. The van der Waals surface area contributed by atoms with Crippen molar-refractivity contribution in [2.45, 2.75) is 38.5 Å². The number of carbonyl (C=O) groups excluding carboxylic acids is 1. The molecule has 2 aromatic carbocycles. The zero-order valence-electron chi connectivity index (χ0n) is 14.5. The summed E-state index contributed by atoms with van der Waals surface area (Å²) in [6, 6.07) is 16.9. The average molecular weight is 337 g/mol. The highest BCUT2D eigenvalue weighted by molar-refractivity contribution is 5.75. The second-order valence-corrected chi connectivity index (χ2v) is 7.05. The predicted octanol–water partition coefficient (Wildman–Crippen LogP) is 3.98. The van der Waals surface area contributed by atoms with Crippen LogP contribution in [0.15, 0.2) is 48.5 Å². The van der Waals surface area contributed by atoms with E-state index in [0.29, 0.717) is 6.42 Å². The fraction of sp³-hybridized carbons (Fsp3) is 0.381. The van der Waals surface area contributed by atoms with E-state index in [1.54, 1.807) is 0 Å². The molecule has 0 saturated heterocycles. The Balaban J connectivity index is 2.01. The van der Waals surface area contributed by atoms with E-state index in [0.717, 1.165) is 24.0 Å². The van der Waals surface area contributed by atoms with Crippen molar-refractivity contribution < 1.29 is 9.72 Å². The number of ketones is 1. The fourth-order valence-corrected chi connectivity index (χ4v) is 3.77. The van der Waals surface area contributed by atoms with Gasteiger partial charge in [0.15, 0.2) is 0 Å². The Bertz CT molecular complexity index is 734. The van der Waals surface area contributed by atoms with Crippen molar-refractivity contribution in [1.29, 1.82) is 0 Å². The lowest BCUT2D eigenvalue weighted by molar-refractivity contribution is -0.488. The molecule has 130 valence electrons. The molecule has 0 aliphatic heterocycles. The molecule has 0 spiro atoms. The van der Waals surface area contributed by atoms with Crippen LogP contribution >= 0.6 is 0 Å². The molecule has 2 atom stereocenters. The van der Waals surface area contributed by atoms with E-state index in [1.807, 2.05) is 0 Å². The Labute approximate surface area is 148 Å². The molecule has 0 N–H and O–H groups in total. The van der Waals surface area contributed by atoms with E-state index in [2.05, 4.69) is 48.5 Å². The monoisotopic (exact) mass is 337 g/mol. The lowest BCUT2D eigenvalue weighted by atomic mass is 9.78.